The number of halogens is 5. The number of pyridine rings is 1. The van der Waals surface area contributed by atoms with Crippen LogP contribution in [0.25, 0.3) is 0 Å². The zero-order chi connectivity index (χ0) is 14.1. The predicted octanol–water partition coefficient (Wildman–Crippen LogP) is 2.76. The summed E-state index contributed by atoms with van der Waals surface area (Å²) in [4.78, 5) is 22.2. The molecule has 0 spiro atoms. The van der Waals surface area contributed by atoms with Gasteiger partial charge < -0.3 is 0 Å². The molecule has 1 aromatic rings. The van der Waals surface area contributed by atoms with E-state index >= 15 is 0 Å². The van der Waals surface area contributed by atoms with Crippen LogP contribution in [0.1, 0.15) is 28.2 Å². The van der Waals surface area contributed by atoms with Crippen LogP contribution in [0.4, 0.5) is 27.6 Å². The molecule has 0 fully saturated rings. The Kier molecular flexibility index (Phi) is 3.58. The summed E-state index contributed by atoms with van der Waals surface area (Å²) in [5.41, 5.74) is -6.00. The van der Waals surface area contributed by atoms with E-state index in [1.165, 1.54) is 0 Å². The van der Waals surface area contributed by atoms with Crippen molar-refractivity contribution in [1.29, 1.82) is 0 Å². The van der Waals surface area contributed by atoms with Crippen LogP contribution in [-0.4, -0.2) is 16.2 Å². The number of aldehydes is 1. The zero-order valence-electron chi connectivity index (χ0n) is 8.24. The van der Waals surface area contributed by atoms with Gasteiger partial charge in [-0.3, -0.25) is 14.9 Å². The number of alkyl halides is 5. The normalized spacial score (nSPS) is 11.7. The molecule has 0 saturated carbocycles. The SMILES string of the molecule is O=Cc1nc(C(F)F)c(C(F)(F)F)cc1[N+](=O)[O-]. The van der Waals surface area contributed by atoms with E-state index in [1.54, 1.807) is 0 Å². The summed E-state index contributed by atoms with van der Waals surface area (Å²) in [6.45, 7) is 0. The van der Waals surface area contributed by atoms with Crippen LogP contribution in [0, 0.1) is 10.1 Å². The number of nitrogens with zero attached hydrogens (tertiary/aromatic N) is 2. The summed E-state index contributed by atoms with van der Waals surface area (Å²) in [5, 5.41) is 10.4. The third-order valence-electron chi connectivity index (χ3n) is 1.88. The Hall–Kier alpha value is -2.13. The van der Waals surface area contributed by atoms with Crippen LogP contribution in [0.2, 0.25) is 0 Å². The largest absolute Gasteiger partial charge is 0.418 e. The Balaban J connectivity index is 3.63. The lowest BCUT2D eigenvalue weighted by molar-refractivity contribution is -0.385. The first kappa shape index (κ1) is 13.9. The van der Waals surface area contributed by atoms with Gasteiger partial charge in [0.05, 0.1) is 10.5 Å². The maximum atomic E-state index is 12.4. The molecule has 1 rings (SSSR count). The molecule has 0 N–H and O–H groups in total. The van der Waals surface area contributed by atoms with Gasteiger partial charge >= 0.3 is 6.18 Å². The van der Waals surface area contributed by atoms with Crippen molar-refractivity contribution in [3.8, 4) is 0 Å². The Morgan fingerprint density at radius 1 is 1.39 bits per heavy atom. The minimum atomic E-state index is -5.23. The second-order valence-electron chi connectivity index (χ2n) is 3.00. The van der Waals surface area contributed by atoms with Gasteiger partial charge in [-0.25, -0.2) is 13.8 Å². The van der Waals surface area contributed by atoms with Crippen molar-refractivity contribution < 1.29 is 31.7 Å². The van der Waals surface area contributed by atoms with Crippen molar-refractivity contribution >= 4 is 12.0 Å². The average molecular weight is 270 g/mol. The molecule has 10 heteroatoms. The Bertz CT molecular complexity index is 500. The molecular formula is C8H3F5N2O3. The first-order valence-electron chi connectivity index (χ1n) is 4.18. The lowest BCUT2D eigenvalue weighted by Crippen LogP contribution is -2.14. The van der Waals surface area contributed by atoms with E-state index in [4.69, 9.17) is 0 Å². The molecule has 0 aliphatic heterocycles. The van der Waals surface area contributed by atoms with Gasteiger partial charge in [-0.2, -0.15) is 13.2 Å². The molecule has 0 radical (unpaired) electrons. The lowest BCUT2D eigenvalue weighted by Gasteiger charge is -2.11. The second-order valence-corrected chi connectivity index (χ2v) is 3.00. The summed E-state index contributed by atoms with van der Waals surface area (Å²) in [6, 6.07) is -0.127. The van der Waals surface area contributed by atoms with Gasteiger partial charge in [0.2, 0.25) is 0 Å². The van der Waals surface area contributed by atoms with E-state index in [9.17, 15) is 36.9 Å². The van der Waals surface area contributed by atoms with Crippen molar-refractivity contribution in [2.45, 2.75) is 12.6 Å². The fourth-order valence-electron chi connectivity index (χ4n) is 1.16. The molecule has 98 valence electrons. The Labute approximate surface area is 95.4 Å². The van der Waals surface area contributed by atoms with Crippen molar-refractivity contribution in [1.82, 2.24) is 4.98 Å². The predicted molar refractivity (Wildman–Crippen MR) is 46.2 cm³/mol. The second kappa shape index (κ2) is 4.63. The molecule has 0 saturated heterocycles. The smallest absolute Gasteiger partial charge is 0.296 e. The molecule has 18 heavy (non-hydrogen) atoms. The highest BCUT2D eigenvalue weighted by atomic mass is 19.4. The van der Waals surface area contributed by atoms with Crippen LogP contribution in [-0.2, 0) is 6.18 Å². The molecule has 1 heterocycles. The number of hydrogen-bond acceptors (Lipinski definition) is 4. The van der Waals surface area contributed by atoms with Crippen molar-refractivity contribution in [3.05, 3.63) is 33.1 Å². The fourth-order valence-corrected chi connectivity index (χ4v) is 1.16. The highest BCUT2D eigenvalue weighted by molar-refractivity contribution is 5.78. The third-order valence-corrected chi connectivity index (χ3v) is 1.88. The Morgan fingerprint density at radius 2 is 1.94 bits per heavy atom. The highest BCUT2D eigenvalue weighted by Crippen LogP contribution is 2.37. The van der Waals surface area contributed by atoms with E-state index in [1.807, 2.05) is 0 Å². The minimum absolute atomic E-state index is 0.127. The zero-order valence-corrected chi connectivity index (χ0v) is 8.24. The van der Waals surface area contributed by atoms with E-state index in [0.717, 1.165) is 0 Å². The van der Waals surface area contributed by atoms with Crippen LogP contribution >= 0.6 is 0 Å². The summed E-state index contributed by atoms with van der Waals surface area (Å²) in [7, 11) is 0. The molecule has 0 aliphatic carbocycles. The number of aromatic nitrogens is 1. The summed E-state index contributed by atoms with van der Waals surface area (Å²) >= 11 is 0. The molecule has 5 nitrogen and oxygen atoms in total. The third kappa shape index (κ3) is 2.57. The average Bonchev–Trinajstić information content (AvgIpc) is 2.25. The van der Waals surface area contributed by atoms with Gasteiger partial charge in [-0.15, -0.1) is 0 Å². The topological polar surface area (TPSA) is 73.1 Å². The first-order valence-corrected chi connectivity index (χ1v) is 4.18. The number of hydrogen-bond donors (Lipinski definition) is 0. The van der Waals surface area contributed by atoms with Crippen molar-refractivity contribution in [3.63, 3.8) is 0 Å². The van der Waals surface area contributed by atoms with Crippen molar-refractivity contribution in [2.75, 3.05) is 0 Å². The summed E-state index contributed by atoms with van der Waals surface area (Å²) < 4.78 is 61.9. The molecule has 0 aromatic carbocycles. The molecule has 0 unspecified atom stereocenters. The van der Waals surface area contributed by atoms with Crippen molar-refractivity contribution in [2.24, 2.45) is 0 Å². The molecule has 1 aromatic heterocycles. The highest BCUT2D eigenvalue weighted by Gasteiger charge is 2.39. The van der Waals surface area contributed by atoms with Crippen LogP contribution in [0.15, 0.2) is 6.07 Å². The fraction of sp³-hybridized carbons (Fsp3) is 0.250. The maximum Gasteiger partial charge on any atom is 0.418 e. The van der Waals surface area contributed by atoms with Crippen LogP contribution in [0.3, 0.4) is 0 Å². The number of carbonyl (C=O) groups is 1. The van der Waals surface area contributed by atoms with Gasteiger partial charge in [0.15, 0.2) is 12.0 Å². The van der Waals surface area contributed by atoms with Gasteiger partial charge in [-0.05, 0) is 0 Å². The van der Waals surface area contributed by atoms with Gasteiger partial charge in [0.1, 0.15) is 5.69 Å². The number of nitro groups is 1. The molecule has 0 bridgehead atoms. The van der Waals surface area contributed by atoms with Gasteiger partial charge in [-0.1, -0.05) is 0 Å². The van der Waals surface area contributed by atoms with Crippen LogP contribution < -0.4 is 0 Å². The molecule has 0 aliphatic rings. The van der Waals surface area contributed by atoms with E-state index in [0.29, 0.717) is 0 Å². The van der Waals surface area contributed by atoms with E-state index in [2.05, 4.69) is 4.98 Å². The number of carbonyl (C=O) groups excluding carboxylic acids is 1. The lowest BCUT2D eigenvalue weighted by atomic mass is 10.1. The Morgan fingerprint density at radius 3 is 2.28 bits per heavy atom. The van der Waals surface area contributed by atoms with E-state index < -0.39 is 40.2 Å². The standard InChI is InChI=1S/C8H3F5N2O3/c9-7(10)6-3(8(11,12)13)1-5(15(17)18)4(2-16)14-6/h1-2,7H. The minimum Gasteiger partial charge on any atom is -0.296 e. The summed E-state index contributed by atoms with van der Waals surface area (Å²) in [6.07, 6.45) is -9.10. The monoisotopic (exact) mass is 270 g/mol. The number of rotatable bonds is 3. The first-order chi connectivity index (χ1) is 8.18. The van der Waals surface area contributed by atoms with Crippen LogP contribution in [0.5, 0.6) is 0 Å². The molecular weight excluding hydrogens is 267 g/mol. The summed E-state index contributed by atoms with van der Waals surface area (Å²) in [5.74, 6) is 0. The molecule has 0 amide bonds. The maximum absolute atomic E-state index is 12.4. The molecule has 0 atom stereocenters. The van der Waals surface area contributed by atoms with E-state index in [-0.39, 0.29) is 12.4 Å². The van der Waals surface area contributed by atoms with Gasteiger partial charge in [0, 0.05) is 6.07 Å². The van der Waals surface area contributed by atoms with Gasteiger partial charge in [0.25, 0.3) is 12.1 Å². The quantitative estimate of drug-likeness (QED) is 0.366.